The van der Waals surface area contributed by atoms with Crippen LogP contribution >= 0.6 is 0 Å². The minimum Gasteiger partial charge on any atom is -0.383 e. The number of rotatable bonds is 6. The normalized spacial score (nSPS) is 12.7. The second-order valence-corrected chi connectivity index (χ2v) is 5.75. The van der Waals surface area contributed by atoms with Crippen LogP contribution in [0.5, 0.6) is 0 Å². The summed E-state index contributed by atoms with van der Waals surface area (Å²) < 4.78 is 2.58. The van der Waals surface area contributed by atoms with E-state index >= 15 is 0 Å². The molecule has 0 saturated carbocycles. The highest BCUT2D eigenvalue weighted by molar-refractivity contribution is 5.61. The van der Waals surface area contributed by atoms with Crippen LogP contribution in [0.1, 0.15) is 40.5 Å². The van der Waals surface area contributed by atoms with Crippen molar-refractivity contribution >= 4 is 11.5 Å². The Morgan fingerprint density at radius 3 is 2.35 bits per heavy atom. The Kier molecular flexibility index (Phi) is 5.42. The Balaban J connectivity index is 3.34. The molecule has 1 atom stereocenters. The fourth-order valence-corrected chi connectivity index (χ4v) is 2.21. The number of nitrogens with zero attached hydrogens (tertiary/aromatic N) is 2. The summed E-state index contributed by atoms with van der Waals surface area (Å²) in [4.78, 5) is 24.3. The average Bonchev–Trinajstić information content (AvgIpc) is 2.37. The van der Waals surface area contributed by atoms with Gasteiger partial charge in [0.2, 0.25) is 0 Å². The first kappa shape index (κ1) is 16.3. The fourth-order valence-electron chi connectivity index (χ4n) is 2.21. The van der Waals surface area contributed by atoms with E-state index in [2.05, 4.69) is 12.2 Å². The minimum absolute atomic E-state index is 0.139. The van der Waals surface area contributed by atoms with Gasteiger partial charge in [-0.15, -0.1) is 0 Å². The van der Waals surface area contributed by atoms with Gasteiger partial charge in [-0.25, -0.2) is 4.79 Å². The summed E-state index contributed by atoms with van der Waals surface area (Å²) in [6, 6.07) is 0.139. The molecule has 1 aromatic heterocycles. The van der Waals surface area contributed by atoms with E-state index in [1.165, 1.54) is 11.6 Å². The van der Waals surface area contributed by atoms with Crippen molar-refractivity contribution in [3.8, 4) is 0 Å². The van der Waals surface area contributed by atoms with Crippen LogP contribution in [-0.4, -0.2) is 15.2 Å². The predicted octanol–water partition coefficient (Wildman–Crippen LogP) is 1.39. The van der Waals surface area contributed by atoms with Crippen LogP contribution < -0.4 is 22.3 Å². The number of nitrogen functional groups attached to an aromatic ring is 1. The van der Waals surface area contributed by atoms with Crippen LogP contribution in [-0.2, 0) is 13.6 Å². The van der Waals surface area contributed by atoms with Crippen LogP contribution in [0.25, 0.3) is 0 Å². The zero-order valence-corrected chi connectivity index (χ0v) is 13.1. The molecule has 0 aliphatic rings. The molecule has 0 fully saturated rings. The van der Waals surface area contributed by atoms with Crippen molar-refractivity contribution in [2.24, 2.45) is 13.0 Å². The van der Waals surface area contributed by atoms with E-state index in [-0.39, 0.29) is 29.0 Å². The molecular formula is C14H26N4O2. The van der Waals surface area contributed by atoms with Crippen molar-refractivity contribution in [1.82, 2.24) is 9.13 Å². The number of nitrogens with one attached hydrogen (secondary N) is 1. The van der Waals surface area contributed by atoms with Crippen molar-refractivity contribution in [2.75, 3.05) is 11.1 Å². The first-order valence-corrected chi connectivity index (χ1v) is 7.15. The number of anilines is 2. The Hall–Kier alpha value is -1.72. The third-order valence-electron chi connectivity index (χ3n) is 3.24. The molecule has 1 rings (SSSR count). The summed E-state index contributed by atoms with van der Waals surface area (Å²) in [5, 5.41) is 3.14. The van der Waals surface area contributed by atoms with Gasteiger partial charge >= 0.3 is 5.69 Å². The number of hydrogen-bond acceptors (Lipinski definition) is 4. The van der Waals surface area contributed by atoms with Gasteiger partial charge in [-0.3, -0.25) is 13.9 Å². The third-order valence-corrected chi connectivity index (χ3v) is 3.24. The second-order valence-electron chi connectivity index (χ2n) is 5.75. The monoisotopic (exact) mass is 282 g/mol. The van der Waals surface area contributed by atoms with Crippen LogP contribution in [0.3, 0.4) is 0 Å². The highest BCUT2D eigenvalue weighted by Gasteiger charge is 2.17. The molecule has 0 aliphatic carbocycles. The Morgan fingerprint density at radius 2 is 1.85 bits per heavy atom. The molecule has 20 heavy (non-hydrogen) atoms. The molecule has 0 spiro atoms. The highest BCUT2D eigenvalue weighted by atomic mass is 16.2. The van der Waals surface area contributed by atoms with Crippen molar-refractivity contribution in [3.05, 3.63) is 20.8 Å². The van der Waals surface area contributed by atoms with Gasteiger partial charge in [-0.2, -0.15) is 0 Å². The van der Waals surface area contributed by atoms with Gasteiger partial charge in [-0.1, -0.05) is 27.2 Å². The molecule has 1 heterocycles. The molecule has 1 aromatic rings. The van der Waals surface area contributed by atoms with E-state index in [9.17, 15) is 9.59 Å². The van der Waals surface area contributed by atoms with E-state index in [4.69, 9.17) is 5.73 Å². The second kappa shape index (κ2) is 6.63. The van der Waals surface area contributed by atoms with E-state index in [0.717, 1.165) is 17.4 Å². The quantitative estimate of drug-likeness (QED) is 0.826. The summed E-state index contributed by atoms with van der Waals surface area (Å²) in [5.74, 6) is 0.503. The Labute approximate surface area is 119 Å². The van der Waals surface area contributed by atoms with Crippen LogP contribution in [0.2, 0.25) is 0 Å². The van der Waals surface area contributed by atoms with Gasteiger partial charge in [0.1, 0.15) is 11.5 Å². The van der Waals surface area contributed by atoms with Crippen molar-refractivity contribution in [2.45, 2.75) is 53.1 Å². The number of hydrogen-bond donors (Lipinski definition) is 2. The van der Waals surface area contributed by atoms with E-state index < -0.39 is 0 Å². The average molecular weight is 282 g/mol. The molecule has 6 heteroatoms. The van der Waals surface area contributed by atoms with Crippen LogP contribution in [0.4, 0.5) is 11.5 Å². The van der Waals surface area contributed by atoms with Gasteiger partial charge in [0.15, 0.2) is 0 Å². The summed E-state index contributed by atoms with van der Waals surface area (Å²) >= 11 is 0. The van der Waals surface area contributed by atoms with E-state index in [1.807, 2.05) is 20.8 Å². The minimum atomic E-state index is -0.366. The molecule has 0 amide bonds. The number of aromatic nitrogens is 2. The maximum absolute atomic E-state index is 12.2. The molecule has 3 N–H and O–H groups in total. The molecule has 1 unspecified atom stereocenters. The molecule has 114 valence electrons. The van der Waals surface area contributed by atoms with Gasteiger partial charge in [-0.05, 0) is 19.3 Å². The lowest BCUT2D eigenvalue weighted by Gasteiger charge is -2.20. The largest absolute Gasteiger partial charge is 0.383 e. The first-order valence-electron chi connectivity index (χ1n) is 7.15. The first-order chi connectivity index (χ1) is 9.29. The van der Waals surface area contributed by atoms with Gasteiger partial charge in [0.25, 0.3) is 5.56 Å². The molecule has 0 aliphatic heterocycles. The van der Waals surface area contributed by atoms with Gasteiger partial charge < -0.3 is 11.1 Å². The smallest absolute Gasteiger partial charge is 0.332 e. The van der Waals surface area contributed by atoms with Crippen molar-refractivity contribution in [1.29, 1.82) is 0 Å². The summed E-state index contributed by atoms with van der Waals surface area (Å²) in [6.45, 7) is 8.59. The van der Waals surface area contributed by atoms with Gasteiger partial charge in [0.05, 0.1) is 0 Å². The van der Waals surface area contributed by atoms with Crippen LogP contribution in [0, 0.1) is 5.92 Å². The molecule has 0 saturated heterocycles. The summed E-state index contributed by atoms with van der Waals surface area (Å²) in [7, 11) is 1.48. The lowest BCUT2D eigenvalue weighted by Crippen LogP contribution is -2.42. The highest BCUT2D eigenvalue weighted by Crippen LogP contribution is 2.14. The Morgan fingerprint density at radius 1 is 1.25 bits per heavy atom. The van der Waals surface area contributed by atoms with Crippen molar-refractivity contribution in [3.63, 3.8) is 0 Å². The fraction of sp³-hybridized carbons (Fsp3) is 0.714. The SMILES string of the molecule is CCCC(C)Nc1c(N)n(CC(C)C)c(=O)n(C)c1=O. The Bertz CT molecular complexity index is 572. The van der Waals surface area contributed by atoms with E-state index in [0.29, 0.717) is 12.2 Å². The van der Waals surface area contributed by atoms with Crippen molar-refractivity contribution < 1.29 is 0 Å². The zero-order chi connectivity index (χ0) is 15.4. The van der Waals surface area contributed by atoms with Gasteiger partial charge in [0, 0.05) is 19.6 Å². The maximum atomic E-state index is 12.2. The molecule has 0 aromatic carbocycles. The topological polar surface area (TPSA) is 82.0 Å². The standard InChI is InChI=1S/C14H26N4O2/c1-6-7-10(4)16-11-12(15)18(8-9(2)3)14(20)17(5)13(11)19/h9-10,16H,6-8,15H2,1-5H3. The summed E-state index contributed by atoms with van der Waals surface area (Å²) in [6.07, 6.45) is 1.95. The maximum Gasteiger partial charge on any atom is 0.332 e. The zero-order valence-electron chi connectivity index (χ0n) is 13.1. The number of nitrogens with two attached hydrogens (primary N) is 1. The lowest BCUT2D eigenvalue weighted by molar-refractivity contribution is 0.493. The van der Waals surface area contributed by atoms with E-state index in [1.54, 1.807) is 0 Å². The third kappa shape index (κ3) is 3.43. The predicted molar refractivity (Wildman–Crippen MR) is 83.2 cm³/mol. The van der Waals surface area contributed by atoms with Crippen LogP contribution in [0.15, 0.2) is 9.59 Å². The molecule has 6 nitrogen and oxygen atoms in total. The summed E-state index contributed by atoms with van der Waals surface area (Å²) in [5.41, 5.74) is 5.63. The lowest BCUT2D eigenvalue weighted by atomic mass is 10.2. The molecule has 0 bridgehead atoms. The molecule has 0 radical (unpaired) electrons. The molecular weight excluding hydrogens is 256 g/mol.